The molecule has 0 radical (unpaired) electrons. The number of aryl methyl sites for hydroxylation is 2. The van der Waals surface area contributed by atoms with Crippen molar-refractivity contribution in [2.45, 2.75) is 13.5 Å². The first-order valence-corrected chi connectivity index (χ1v) is 8.53. The largest absolute Gasteiger partial charge is 0.468 e. The number of halogens is 1. The Morgan fingerprint density at radius 3 is 2.80 bits per heavy atom. The number of benzene rings is 1. The Labute approximate surface area is 152 Å². The van der Waals surface area contributed by atoms with Gasteiger partial charge < -0.3 is 9.30 Å². The van der Waals surface area contributed by atoms with Crippen molar-refractivity contribution in [3.8, 4) is 0 Å². The van der Waals surface area contributed by atoms with Crippen LogP contribution in [0, 0.1) is 6.92 Å². The van der Waals surface area contributed by atoms with Crippen LogP contribution in [0.2, 0.25) is 5.02 Å². The minimum Gasteiger partial charge on any atom is -0.468 e. The summed E-state index contributed by atoms with van der Waals surface area (Å²) in [5.74, 6) is -0.853. The average molecular weight is 379 g/mol. The van der Waals surface area contributed by atoms with E-state index in [-0.39, 0.29) is 6.54 Å². The van der Waals surface area contributed by atoms with Crippen LogP contribution in [0.15, 0.2) is 29.4 Å². The molecule has 25 heavy (non-hydrogen) atoms. The number of hydrogen-bond acceptors (Lipinski definition) is 5. The summed E-state index contributed by atoms with van der Waals surface area (Å²) in [7, 11) is 3.00. The maximum absolute atomic E-state index is 12.6. The number of ether oxygens (including phenoxy) is 1. The van der Waals surface area contributed by atoms with Crippen LogP contribution in [0.1, 0.15) is 16.1 Å². The lowest BCUT2D eigenvalue weighted by Gasteiger charge is -2.04. The normalized spacial score (nSPS) is 11.9. The molecule has 0 N–H and O–H groups in total. The quantitative estimate of drug-likeness (QED) is 0.655. The van der Waals surface area contributed by atoms with Crippen molar-refractivity contribution >= 4 is 45.0 Å². The third kappa shape index (κ3) is 3.35. The second-order valence-electron chi connectivity index (χ2n) is 5.38. The molecule has 0 fully saturated rings. The third-order valence-corrected chi connectivity index (χ3v) is 4.96. The molecule has 0 aliphatic heterocycles. The zero-order chi connectivity index (χ0) is 18.1. The summed E-state index contributed by atoms with van der Waals surface area (Å²) in [6.07, 6.45) is 1.61. The van der Waals surface area contributed by atoms with Gasteiger partial charge in [-0.05, 0) is 25.1 Å². The predicted molar refractivity (Wildman–Crippen MR) is 94.7 cm³/mol. The number of carbonyl (C=O) groups excluding carboxylic acids is 2. The Morgan fingerprint density at radius 1 is 1.40 bits per heavy atom. The smallest absolute Gasteiger partial charge is 0.325 e. The molecule has 0 aliphatic rings. The fourth-order valence-corrected chi connectivity index (χ4v) is 3.78. The van der Waals surface area contributed by atoms with Crippen LogP contribution >= 0.6 is 22.9 Å². The molecule has 130 valence electrons. The van der Waals surface area contributed by atoms with E-state index in [1.807, 2.05) is 0 Å². The van der Waals surface area contributed by atoms with Crippen LogP contribution in [0.5, 0.6) is 0 Å². The van der Waals surface area contributed by atoms with Crippen LogP contribution in [0.3, 0.4) is 0 Å². The van der Waals surface area contributed by atoms with Crippen molar-refractivity contribution in [2.24, 2.45) is 12.0 Å². The van der Waals surface area contributed by atoms with E-state index in [0.717, 1.165) is 15.8 Å². The van der Waals surface area contributed by atoms with Crippen LogP contribution in [-0.4, -0.2) is 33.3 Å². The third-order valence-electron chi connectivity index (χ3n) is 3.68. The van der Waals surface area contributed by atoms with Crippen molar-refractivity contribution in [1.29, 1.82) is 0 Å². The molecular weight excluding hydrogens is 364 g/mol. The summed E-state index contributed by atoms with van der Waals surface area (Å²) >= 11 is 7.32. The molecule has 0 spiro atoms. The number of rotatable bonds is 3. The van der Waals surface area contributed by atoms with E-state index < -0.39 is 11.9 Å². The molecule has 0 saturated carbocycles. The second kappa shape index (κ2) is 6.81. The van der Waals surface area contributed by atoms with Crippen molar-refractivity contribution in [1.82, 2.24) is 14.3 Å². The minimum absolute atomic E-state index is 0.0470. The highest BCUT2D eigenvalue weighted by molar-refractivity contribution is 7.16. The Kier molecular flexibility index (Phi) is 4.73. The first-order valence-electron chi connectivity index (χ1n) is 7.34. The maximum Gasteiger partial charge on any atom is 0.325 e. The summed E-state index contributed by atoms with van der Waals surface area (Å²) in [6.45, 7) is 1.75. The first kappa shape index (κ1) is 17.4. The molecule has 3 aromatic rings. The molecular formula is C16H15ClN4O3S. The first-order chi connectivity index (χ1) is 11.9. The summed E-state index contributed by atoms with van der Waals surface area (Å²) in [6, 6.07) is 5.28. The lowest BCUT2D eigenvalue weighted by Crippen LogP contribution is -2.23. The summed E-state index contributed by atoms with van der Waals surface area (Å²) in [5.41, 5.74) is 1.90. The topological polar surface area (TPSA) is 78.5 Å². The van der Waals surface area contributed by atoms with Gasteiger partial charge >= 0.3 is 5.97 Å². The van der Waals surface area contributed by atoms with Gasteiger partial charge in [0.25, 0.3) is 5.91 Å². The molecule has 0 atom stereocenters. The predicted octanol–water partition coefficient (Wildman–Crippen LogP) is 2.31. The zero-order valence-electron chi connectivity index (χ0n) is 13.8. The molecule has 9 heteroatoms. The van der Waals surface area contributed by atoms with Gasteiger partial charge in [0, 0.05) is 17.6 Å². The Morgan fingerprint density at radius 2 is 2.16 bits per heavy atom. The van der Waals surface area contributed by atoms with Gasteiger partial charge in [-0.15, -0.1) is 0 Å². The van der Waals surface area contributed by atoms with Crippen LogP contribution < -0.4 is 4.80 Å². The fraction of sp³-hybridized carbons (Fsp3) is 0.250. The molecule has 1 amide bonds. The highest BCUT2D eigenvalue weighted by atomic mass is 35.5. The van der Waals surface area contributed by atoms with Gasteiger partial charge in [0.2, 0.25) is 0 Å². The molecule has 1 aromatic carbocycles. The number of thiazole rings is 1. The number of fused-ring (bicyclic) bond motifs is 1. The van der Waals surface area contributed by atoms with E-state index in [4.69, 9.17) is 16.3 Å². The number of nitrogens with zero attached hydrogens (tertiary/aromatic N) is 4. The summed E-state index contributed by atoms with van der Waals surface area (Å²) < 4.78 is 8.70. The highest BCUT2D eigenvalue weighted by Crippen LogP contribution is 2.22. The van der Waals surface area contributed by atoms with E-state index in [1.165, 1.54) is 23.1 Å². The molecule has 0 aliphatic carbocycles. The van der Waals surface area contributed by atoms with E-state index in [1.54, 1.807) is 42.9 Å². The monoisotopic (exact) mass is 378 g/mol. The van der Waals surface area contributed by atoms with E-state index in [0.29, 0.717) is 15.5 Å². The number of hydrogen-bond donors (Lipinski definition) is 0. The van der Waals surface area contributed by atoms with Crippen LogP contribution in [0.25, 0.3) is 10.2 Å². The minimum atomic E-state index is -0.430. The van der Waals surface area contributed by atoms with Gasteiger partial charge in [0.15, 0.2) is 4.80 Å². The average Bonchev–Trinajstić information content (AvgIpc) is 3.07. The Bertz CT molecular complexity index is 1030. The van der Waals surface area contributed by atoms with Crippen LogP contribution in [0.4, 0.5) is 0 Å². The molecule has 3 rings (SSSR count). The Balaban J connectivity index is 2.18. The van der Waals surface area contributed by atoms with E-state index in [9.17, 15) is 9.59 Å². The zero-order valence-corrected chi connectivity index (χ0v) is 15.4. The van der Waals surface area contributed by atoms with Crippen molar-refractivity contribution in [2.75, 3.05) is 7.11 Å². The number of aromatic nitrogens is 3. The van der Waals surface area contributed by atoms with Gasteiger partial charge in [-0.25, -0.2) is 0 Å². The number of esters is 1. The van der Waals surface area contributed by atoms with Gasteiger partial charge in [0.1, 0.15) is 12.2 Å². The number of amides is 1. The van der Waals surface area contributed by atoms with Crippen LogP contribution in [-0.2, 0) is 23.1 Å². The number of methoxy groups -OCH3 is 1. The summed E-state index contributed by atoms with van der Waals surface area (Å²) in [4.78, 5) is 29.0. The fourth-order valence-electron chi connectivity index (χ4n) is 2.47. The second-order valence-corrected chi connectivity index (χ2v) is 6.82. The standard InChI is InChI=1S/C16H15ClN4O3S/c1-9-7-18-20(2)14(9)15(23)19-16-21(8-13(22)24-3)11-5-4-10(17)6-12(11)25-16/h4-7H,8H2,1-3H3. The van der Waals surface area contributed by atoms with Crippen molar-refractivity contribution in [3.05, 3.63) is 45.5 Å². The molecule has 2 heterocycles. The SMILES string of the molecule is COC(=O)Cn1c(=NC(=O)c2c(C)cnn2C)sc2cc(Cl)ccc21. The lowest BCUT2D eigenvalue weighted by molar-refractivity contribution is -0.141. The van der Waals surface area contributed by atoms with Gasteiger partial charge in [-0.3, -0.25) is 14.3 Å². The maximum atomic E-state index is 12.6. The molecule has 0 bridgehead atoms. The highest BCUT2D eigenvalue weighted by Gasteiger charge is 2.16. The van der Waals surface area contributed by atoms with Gasteiger partial charge in [-0.1, -0.05) is 22.9 Å². The molecule has 2 aromatic heterocycles. The number of carbonyl (C=O) groups is 2. The summed E-state index contributed by atoms with van der Waals surface area (Å²) in [5, 5.41) is 4.63. The van der Waals surface area contributed by atoms with Crippen molar-refractivity contribution in [3.63, 3.8) is 0 Å². The van der Waals surface area contributed by atoms with E-state index >= 15 is 0 Å². The lowest BCUT2D eigenvalue weighted by atomic mass is 10.3. The van der Waals surface area contributed by atoms with E-state index in [2.05, 4.69) is 10.1 Å². The molecule has 0 unspecified atom stereocenters. The molecule has 0 saturated heterocycles. The van der Waals surface area contributed by atoms with Crippen molar-refractivity contribution < 1.29 is 14.3 Å². The molecule has 7 nitrogen and oxygen atoms in total. The van der Waals surface area contributed by atoms with Gasteiger partial charge in [0.05, 0.1) is 23.5 Å². The van der Waals surface area contributed by atoms with Gasteiger partial charge in [-0.2, -0.15) is 10.1 Å². The Hall–Kier alpha value is -2.45.